The summed E-state index contributed by atoms with van der Waals surface area (Å²) in [5.41, 5.74) is 3.37. The number of hydrogen-bond acceptors (Lipinski definition) is 4. The van der Waals surface area contributed by atoms with Gasteiger partial charge in [-0.1, -0.05) is 0 Å². The van der Waals surface area contributed by atoms with Crippen molar-refractivity contribution in [2.45, 2.75) is 6.92 Å². The molecule has 1 amide bonds. The number of amides is 1. The molecule has 1 N–H and O–H groups in total. The number of carbonyl (C=O) groups is 1. The molecule has 6 heteroatoms. The van der Waals surface area contributed by atoms with Gasteiger partial charge in [-0.15, -0.1) is 0 Å². The molecule has 0 fully saturated rings. The molecule has 0 atom stereocenters. The number of aryl methyl sites for hydroxylation is 2. The van der Waals surface area contributed by atoms with Crippen LogP contribution in [0.1, 0.15) is 16.1 Å². The zero-order valence-electron chi connectivity index (χ0n) is 14.4. The van der Waals surface area contributed by atoms with Crippen molar-refractivity contribution in [2.75, 3.05) is 34.3 Å². The second-order valence-electron chi connectivity index (χ2n) is 5.78. The van der Waals surface area contributed by atoms with Crippen LogP contribution in [0.15, 0.2) is 24.3 Å². The summed E-state index contributed by atoms with van der Waals surface area (Å²) in [6, 6.07) is 7.74. The summed E-state index contributed by atoms with van der Waals surface area (Å²) in [4.78, 5) is 14.2. The van der Waals surface area contributed by atoms with Crippen LogP contribution in [0.5, 0.6) is 5.75 Å². The maximum Gasteiger partial charge on any atom is 0.271 e. The summed E-state index contributed by atoms with van der Waals surface area (Å²) >= 11 is 0. The van der Waals surface area contributed by atoms with Crippen LogP contribution in [0.4, 0.5) is 0 Å². The Kier molecular flexibility index (Phi) is 5.39. The van der Waals surface area contributed by atoms with Crippen molar-refractivity contribution in [1.29, 1.82) is 0 Å². The van der Waals surface area contributed by atoms with E-state index in [4.69, 9.17) is 4.74 Å². The Balaban J connectivity index is 2.17. The largest absolute Gasteiger partial charge is 0.496 e. The van der Waals surface area contributed by atoms with Gasteiger partial charge in [0, 0.05) is 25.7 Å². The lowest BCUT2D eigenvalue weighted by Gasteiger charge is -2.09. The lowest BCUT2D eigenvalue weighted by molar-refractivity contribution is 0.0945. The van der Waals surface area contributed by atoms with Gasteiger partial charge in [-0.3, -0.25) is 9.48 Å². The summed E-state index contributed by atoms with van der Waals surface area (Å²) in [5, 5.41) is 7.19. The van der Waals surface area contributed by atoms with Gasteiger partial charge in [0.25, 0.3) is 5.91 Å². The number of likely N-dealkylation sites (N-methyl/N-ethyl adjacent to an activating group) is 1. The monoisotopic (exact) mass is 316 g/mol. The molecule has 23 heavy (non-hydrogen) atoms. The Morgan fingerprint density at radius 2 is 2.09 bits per heavy atom. The van der Waals surface area contributed by atoms with Crippen molar-refractivity contribution in [2.24, 2.45) is 7.05 Å². The first-order valence-electron chi connectivity index (χ1n) is 7.54. The standard InChI is InChI=1S/C17H24N4O2/c1-12-10-13(6-7-16(12)23-5)15-11-14(19-21(15)4)17(22)18-8-9-20(2)3/h6-7,10-11H,8-9H2,1-5H3,(H,18,22). The van der Waals surface area contributed by atoms with Gasteiger partial charge in [0.1, 0.15) is 5.75 Å². The summed E-state index contributed by atoms with van der Waals surface area (Å²) in [5.74, 6) is 0.691. The Morgan fingerprint density at radius 1 is 1.35 bits per heavy atom. The Morgan fingerprint density at radius 3 is 2.70 bits per heavy atom. The summed E-state index contributed by atoms with van der Waals surface area (Å²) in [7, 11) is 7.43. The van der Waals surface area contributed by atoms with Crippen molar-refractivity contribution in [3.63, 3.8) is 0 Å². The molecule has 0 saturated heterocycles. The molecule has 0 bridgehead atoms. The molecule has 0 aliphatic carbocycles. The van der Waals surface area contributed by atoms with Gasteiger partial charge in [0.05, 0.1) is 12.8 Å². The minimum absolute atomic E-state index is 0.154. The smallest absolute Gasteiger partial charge is 0.271 e. The second kappa shape index (κ2) is 7.28. The molecular formula is C17H24N4O2. The number of aromatic nitrogens is 2. The number of rotatable bonds is 6. The molecule has 0 spiro atoms. The van der Waals surface area contributed by atoms with Crippen molar-refractivity contribution >= 4 is 5.91 Å². The van der Waals surface area contributed by atoms with Crippen LogP contribution in [0.2, 0.25) is 0 Å². The highest BCUT2D eigenvalue weighted by Crippen LogP contribution is 2.26. The van der Waals surface area contributed by atoms with E-state index in [1.54, 1.807) is 11.8 Å². The number of methoxy groups -OCH3 is 1. The number of ether oxygens (including phenoxy) is 1. The molecule has 1 aromatic heterocycles. The highest BCUT2D eigenvalue weighted by atomic mass is 16.5. The van der Waals surface area contributed by atoms with Crippen LogP contribution in [0, 0.1) is 6.92 Å². The summed E-state index contributed by atoms with van der Waals surface area (Å²) in [6.45, 7) is 3.38. The van der Waals surface area contributed by atoms with Crippen molar-refractivity contribution in [3.8, 4) is 17.0 Å². The molecule has 0 aliphatic heterocycles. The number of carbonyl (C=O) groups excluding carboxylic acids is 1. The maximum absolute atomic E-state index is 12.2. The van der Waals surface area contributed by atoms with E-state index in [0.29, 0.717) is 12.2 Å². The van der Waals surface area contributed by atoms with E-state index < -0.39 is 0 Å². The second-order valence-corrected chi connectivity index (χ2v) is 5.78. The van der Waals surface area contributed by atoms with E-state index in [-0.39, 0.29) is 5.91 Å². The third-order valence-electron chi connectivity index (χ3n) is 3.65. The highest BCUT2D eigenvalue weighted by molar-refractivity contribution is 5.93. The minimum atomic E-state index is -0.154. The minimum Gasteiger partial charge on any atom is -0.496 e. The molecule has 0 radical (unpaired) electrons. The van der Waals surface area contributed by atoms with E-state index in [1.807, 2.05) is 57.2 Å². The van der Waals surface area contributed by atoms with Crippen LogP contribution in [0.3, 0.4) is 0 Å². The normalized spacial score (nSPS) is 10.9. The summed E-state index contributed by atoms with van der Waals surface area (Å²) in [6.07, 6.45) is 0. The third kappa shape index (κ3) is 4.10. The lowest BCUT2D eigenvalue weighted by Crippen LogP contribution is -2.31. The Hall–Kier alpha value is -2.34. The van der Waals surface area contributed by atoms with Gasteiger partial charge in [-0.2, -0.15) is 5.10 Å². The third-order valence-corrected chi connectivity index (χ3v) is 3.65. The first-order valence-corrected chi connectivity index (χ1v) is 7.54. The number of nitrogens with zero attached hydrogens (tertiary/aromatic N) is 3. The first kappa shape index (κ1) is 17.0. The molecule has 0 unspecified atom stereocenters. The van der Waals surface area contributed by atoms with E-state index in [2.05, 4.69) is 10.4 Å². The fourth-order valence-corrected chi connectivity index (χ4v) is 2.37. The average molecular weight is 316 g/mol. The molecule has 0 saturated carbocycles. The van der Waals surface area contributed by atoms with Gasteiger partial charge in [-0.25, -0.2) is 0 Å². The number of nitrogens with one attached hydrogen (secondary N) is 1. The lowest BCUT2D eigenvalue weighted by atomic mass is 10.1. The van der Waals surface area contributed by atoms with E-state index in [1.165, 1.54) is 0 Å². The topological polar surface area (TPSA) is 59.4 Å². The maximum atomic E-state index is 12.2. The molecule has 0 aliphatic rings. The fraction of sp³-hybridized carbons (Fsp3) is 0.412. The number of benzene rings is 1. The fourth-order valence-electron chi connectivity index (χ4n) is 2.37. The molecule has 1 heterocycles. The van der Waals surface area contributed by atoms with E-state index in [9.17, 15) is 4.79 Å². The molecule has 1 aromatic carbocycles. The van der Waals surface area contributed by atoms with Crippen LogP contribution in [-0.4, -0.2) is 54.9 Å². The van der Waals surface area contributed by atoms with E-state index >= 15 is 0 Å². The predicted molar refractivity (Wildman–Crippen MR) is 90.8 cm³/mol. The van der Waals surface area contributed by atoms with Crippen LogP contribution < -0.4 is 10.1 Å². The van der Waals surface area contributed by atoms with Crippen molar-refractivity contribution in [1.82, 2.24) is 20.0 Å². The molecular weight excluding hydrogens is 292 g/mol. The first-order chi connectivity index (χ1) is 10.9. The Bertz CT molecular complexity index is 692. The molecule has 2 rings (SSSR count). The number of hydrogen-bond donors (Lipinski definition) is 1. The zero-order valence-corrected chi connectivity index (χ0v) is 14.4. The van der Waals surface area contributed by atoms with Crippen LogP contribution in [0.25, 0.3) is 11.3 Å². The SMILES string of the molecule is COc1ccc(-c2cc(C(=O)NCCN(C)C)nn2C)cc1C. The molecule has 2 aromatic rings. The molecule has 6 nitrogen and oxygen atoms in total. The van der Waals surface area contributed by atoms with Crippen molar-refractivity contribution in [3.05, 3.63) is 35.5 Å². The molecule has 124 valence electrons. The predicted octanol–water partition coefficient (Wildman–Crippen LogP) is 1.70. The van der Waals surface area contributed by atoms with Gasteiger partial charge in [0.2, 0.25) is 0 Å². The van der Waals surface area contributed by atoms with Crippen molar-refractivity contribution < 1.29 is 9.53 Å². The quantitative estimate of drug-likeness (QED) is 0.881. The van der Waals surface area contributed by atoms with Gasteiger partial charge < -0.3 is 15.0 Å². The summed E-state index contributed by atoms with van der Waals surface area (Å²) < 4.78 is 7.01. The van der Waals surface area contributed by atoms with Crippen LogP contribution >= 0.6 is 0 Å². The average Bonchev–Trinajstić information content (AvgIpc) is 2.88. The van der Waals surface area contributed by atoms with Gasteiger partial charge >= 0.3 is 0 Å². The highest BCUT2D eigenvalue weighted by Gasteiger charge is 2.14. The van der Waals surface area contributed by atoms with Crippen LogP contribution in [-0.2, 0) is 7.05 Å². The Labute approximate surface area is 137 Å². The van der Waals surface area contributed by atoms with Gasteiger partial charge in [-0.05, 0) is 50.8 Å². The van der Waals surface area contributed by atoms with Gasteiger partial charge in [0.15, 0.2) is 5.69 Å². The zero-order chi connectivity index (χ0) is 17.0. The van der Waals surface area contributed by atoms with E-state index in [0.717, 1.165) is 29.1 Å².